The molecule has 0 aliphatic carbocycles. The second kappa shape index (κ2) is 7.25. The lowest BCUT2D eigenvalue weighted by atomic mass is 9.85. The fourth-order valence-corrected chi connectivity index (χ4v) is 2.61. The van der Waals surface area contributed by atoms with E-state index in [1.54, 1.807) is 0 Å². The van der Waals surface area contributed by atoms with E-state index < -0.39 is 0 Å². The molecule has 0 aliphatic heterocycles. The molecule has 1 aromatic carbocycles. The smallest absolute Gasteiger partial charge is 0.128 e. The predicted octanol–water partition coefficient (Wildman–Crippen LogP) is 4.61. The van der Waals surface area contributed by atoms with Crippen LogP contribution in [0.2, 0.25) is 0 Å². The lowest BCUT2D eigenvalue weighted by Gasteiger charge is -2.25. The van der Waals surface area contributed by atoms with Gasteiger partial charge in [-0.15, -0.1) is 0 Å². The third-order valence-corrected chi connectivity index (χ3v) is 3.92. The number of nitrogens with one attached hydrogen (secondary N) is 1. The molecule has 18 heavy (non-hydrogen) atoms. The van der Waals surface area contributed by atoms with Gasteiger partial charge in [-0.05, 0) is 36.4 Å². The van der Waals surface area contributed by atoms with Gasteiger partial charge in [-0.1, -0.05) is 49.7 Å². The highest BCUT2D eigenvalue weighted by Gasteiger charge is 2.16. The van der Waals surface area contributed by atoms with Gasteiger partial charge in [0.25, 0.3) is 0 Å². The number of benzene rings is 1. The zero-order valence-corrected chi connectivity index (χ0v) is 13.2. The Morgan fingerprint density at radius 2 is 1.78 bits per heavy atom. The zero-order valence-electron chi connectivity index (χ0n) is 11.6. The molecule has 1 nitrogen and oxygen atoms in total. The molecular formula is C15H23BrFN. The molecule has 0 heterocycles. The molecule has 0 unspecified atom stereocenters. The summed E-state index contributed by atoms with van der Waals surface area (Å²) in [5.41, 5.74) is 0.726. The second-order valence-corrected chi connectivity index (χ2v) is 6.43. The number of hydrogen-bond acceptors (Lipinski definition) is 1. The van der Waals surface area contributed by atoms with E-state index in [0.29, 0.717) is 24.3 Å². The maximum Gasteiger partial charge on any atom is 0.128 e. The van der Waals surface area contributed by atoms with Crippen LogP contribution in [0.25, 0.3) is 0 Å². The van der Waals surface area contributed by atoms with Gasteiger partial charge in [-0.2, -0.15) is 0 Å². The Kier molecular flexibility index (Phi) is 6.30. The van der Waals surface area contributed by atoms with E-state index in [9.17, 15) is 4.39 Å². The molecule has 0 bridgehead atoms. The van der Waals surface area contributed by atoms with Crippen LogP contribution in [0.5, 0.6) is 0 Å². The SMILES string of the molecule is CC(C)C(CNCc1ccc(Br)cc1F)C(C)C. The molecule has 1 N–H and O–H groups in total. The summed E-state index contributed by atoms with van der Waals surface area (Å²) in [6, 6.07) is 5.22. The maximum atomic E-state index is 13.6. The fraction of sp³-hybridized carbons (Fsp3) is 0.600. The van der Waals surface area contributed by atoms with Gasteiger partial charge in [0.1, 0.15) is 5.82 Å². The van der Waals surface area contributed by atoms with Gasteiger partial charge in [0, 0.05) is 16.6 Å². The van der Waals surface area contributed by atoms with E-state index in [2.05, 4.69) is 48.9 Å². The Morgan fingerprint density at radius 1 is 1.17 bits per heavy atom. The summed E-state index contributed by atoms with van der Waals surface area (Å²) in [6.07, 6.45) is 0. The van der Waals surface area contributed by atoms with Crippen molar-refractivity contribution in [2.24, 2.45) is 17.8 Å². The molecule has 1 aromatic rings. The Morgan fingerprint density at radius 3 is 2.28 bits per heavy atom. The Hall–Kier alpha value is -0.410. The summed E-state index contributed by atoms with van der Waals surface area (Å²) in [4.78, 5) is 0. The Labute approximate surface area is 118 Å². The fourth-order valence-electron chi connectivity index (χ4n) is 2.28. The van der Waals surface area contributed by atoms with Gasteiger partial charge in [-0.25, -0.2) is 4.39 Å². The van der Waals surface area contributed by atoms with Crippen molar-refractivity contribution >= 4 is 15.9 Å². The minimum Gasteiger partial charge on any atom is -0.312 e. The molecule has 0 spiro atoms. The molecule has 0 amide bonds. The number of hydrogen-bond donors (Lipinski definition) is 1. The molecule has 0 aliphatic rings. The van der Waals surface area contributed by atoms with E-state index in [4.69, 9.17) is 0 Å². The van der Waals surface area contributed by atoms with Crippen LogP contribution in [0.3, 0.4) is 0 Å². The lowest BCUT2D eigenvalue weighted by molar-refractivity contribution is 0.275. The van der Waals surface area contributed by atoms with E-state index in [1.807, 2.05) is 12.1 Å². The third kappa shape index (κ3) is 4.69. The van der Waals surface area contributed by atoms with Crippen LogP contribution in [0.1, 0.15) is 33.3 Å². The molecule has 3 heteroatoms. The molecule has 0 saturated heterocycles. The van der Waals surface area contributed by atoms with Gasteiger partial charge in [0.15, 0.2) is 0 Å². The largest absolute Gasteiger partial charge is 0.312 e. The van der Waals surface area contributed by atoms with E-state index in [-0.39, 0.29) is 5.82 Å². The molecule has 0 saturated carbocycles. The van der Waals surface area contributed by atoms with Gasteiger partial charge < -0.3 is 5.32 Å². The summed E-state index contributed by atoms with van der Waals surface area (Å²) < 4.78 is 14.4. The van der Waals surface area contributed by atoms with Crippen molar-refractivity contribution in [3.05, 3.63) is 34.1 Å². The maximum absolute atomic E-state index is 13.6. The topological polar surface area (TPSA) is 12.0 Å². The quantitative estimate of drug-likeness (QED) is 0.808. The van der Waals surface area contributed by atoms with Crippen LogP contribution in [-0.2, 0) is 6.54 Å². The first-order chi connectivity index (χ1) is 8.41. The molecular weight excluding hydrogens is 293 g/mol. The van der Waals surface area contributed by atoms with Crippen molar-refractivity contribution in [3.8, 4) is 0 Å². The van der Waals surface area contributed by atoms with Crippen LogP contribution >= 0.6 is 15.9 Å². The monoisotopic (exact) mass is 315 g/mol. The first kappa shape index (κ1) is 15.6. The first-order valence-electron chi connectivity index (χ1n) is 6.56. The van der Waals surface area contributed by atoms with Crippen molar-refractivity contribution in [1.82, 2.24) is 5.32 Å². The average molecular weight is 316 g/mol. The highest BCUT2D eigenvalue weighted by Crippen LogP contribution is 2.20. The summed E-state index contributed by atoms with van der Waals surface area (Å²) in [5, 5.41) is 3.37. The van der Waals surface area contributed by atoms with Crippen LogP contribution in [0.4, 0.5) is 4.39 Å². The van der Waals surface area contributed by atoms with Gasteiger partial charge in [0.05, 0.1) is 0 Å². The van der Waals surface area contributed by atoms with Crippen molar-refractivity contribution in [1.29, 1.82) is 0 Å². The highest BCUT2D eigenvalue weighted by molar-refractivity contribution is 9.10. The van der Waals surface area contributed by atoms with Crippen molar-refractivity contribution in [3.63, 3.8) is 0 Å². The first-order valence-corrected chi connectivity index (χ1v) is 7.35. The summed E-state index contributed by atoms with van der Waals surface area (Å²) >= 11 is 3.27. The van der Waals surface area contributed by atoms with Crippen LogP contribution in [-0.4, -0.2) is 6.54 Å². The van der Waals surface area contributed by atoms with Gasteiger partial charge in [0.2, 0.25) is 0 Å². The van der Waals surface area contributed by atoms with Gasteiger partial charge in [-0.3, -0.25) is 0 Å². The zero-order chi connectivity index (χ0) is 13.7. The molecule has 102 valence electrons. The molecule has 0 aromatic heterocycles. The normalized spacial score (nSPS) is 11.8. The van der Waals surface area contributed by atoms with Crippen LogP contribution in [0.15, 0.2) is 22.7 Å². The molecule has 1 rings (SSSR count). The van der Waals surface area contributed by atoms with Crippen LogP contribution < -0.4 is 5.32 Å². The Bertz CT molecular complexity index is 369. The third-order valence-electron chi connectivity index (χ3n) is 3.42. The standard InChI is InChI=1S/C15H23BrFN/c1-10(2)14(11(3)4)9-18-8-12-5-6-13(16)7-15(12)17/h5-7,10-11,14,18H,8-9H2,1-4H3. The minimum atomic E-state index is -0.150. The number of rotatable bonds is 6. The average Bonchev–Trinajstić information content (AvgIpc) is 2.25. The van der Waals surface area contributed by atoms with E-state index in [1.165, 1.54) is 6.07 Å². The molecule has 0 radical (unpaired) electrons. The summed E-state index contributed by atoms with van der Waals surface area (Å²) in [6.45, 7) is 10.5. The molecule has 0 fully saturated rings. The van der Waals surface area contributed by atoms with Crippen molar-refractivity contribution < 1.29 is 4.39 Å². The van der Waals surface area contributed by atoms with Crippen LogP contribution in [0, 0.1) is 23.6 Å². The number of halogens is 2. The summed E-state index contributed by atoms with van der Waals surface area (Å²) in [7, 11) is 0. The van der Waals surface area contributed by atoms with E-state index >= 15 is 0 Å². The second-order valence-electron chi connectivity index (χ2n) is 5.52. The molecule has 0 atom stereocenters. The van der Waals surface area contributed by atoms with E-state index in [0.717, 1.165) is 16.6 Å². The summed E-state index contributed by atoms with van der Waals surface area (Å²) in [5.74, 6) is 1.77. The highest BCUT2D eigenvalue weighted by atomic mass is 79.9. The minimum absolute atomic E-state index is 0.150. The lowest BCUT2D eigenvalue weighted by Crippen LogP contribution is -2.29. The predicted molar refractivity (Wildman–Crippen MR) is 79.0 cm³/mol. The van der Waals surface area contributed by atoms with Crippen molar-refractivity contribution in [2.75, 3.05) is 6.54 Å². The van der Waals surface area contributed by atoms with Gasteiger partial charge >= 0.3 is 0 Å². The Balaban J connectivity index is 2.50. The van der Waals surface area contributed by atoms with Crippen molar-refractivity contribution in [2.45, 2.75) is 34.2 Å².